The van der Waals surface area contributed by atoms with Crippen molar-refractivity contribution < 1.29 is 9.90 Å². The third-order valence-electron chi connectivity index (χ3n) is 4.33. The van der Waals surface area contributed by atoms with Gasteiger partial charge in [0.05, 0.1) is 18.2 Å². The number of aliphatic hydroxyl groups excluding tert-OH is 1. The molecule has 22 heavy (non-hydrogen) atoms. The molecule has 2 N–H and O–H groups in total. The maximum Gasteiger partial charge on any atom is 0.253 e. The first kappa shape index (κ1) is 14.9. The van der Waals surface area contributed by atoms with Crippen LogP contribution in [-0.2, 0) is 0 Å². The Hall–Kier alpha value is -2.07. The summed E-state index contributed by atoms with van der Waals surface area (Å²) in [5.74, 6) is -0.122. The van der Waals surface area contributed by atoms with Crippen LogP contribution in [-0.4, -0.2) is 22.2 Å². The van der Waals surface area contributed by atoms with Crippen molar-refractivity contribution in [2.45, 2.75) is 38.8 Å². The van der Waals surface area contributed by atoms with E-state index in [1.807, 2.05) is 50.2 Å². The monoisotopic (exact) mass is 298 g/mol. The molecule has 3 rings (SSSR count). The largest absolute Gasteiger partial charge is 0.394 e. The Balaban J connectivity index is 1.81. The summed E-state index contributed by atoms with van der Waals surface area (Å²) in [5.41, 5.74) is 3.76. The van der Waals surface area contributed by atoms with E-state index in [0.717, 1.165) is 17.0 Å². The summed E-state index contributed by atoms with van der Waals surface area (Å²) in [6.07, 6.45) is 2.39. The first-order valence-electron chi connectivity index (χ1n) is 7.77. The number of aliphatic hydroxyl groups is 1. The highest BCUT2D eigenvalue weighted by Gasteiger charge is 2.28. The molecular weight excluding hydrogens is 276 g/mol. The van der Waals surface area contributed by atoms with Crippen LogP contribution in [0.25, 0.3) is 0 Å². The lowest BCUT2D eigenvalue weighted by Crippen LogP contribution is -2.31. The van der Waals surface area contributed by atoms with E-state index < -0.39 is 0 Å². The van der Waals surface area contributed by atoms with Crippen LogP contribution in [0.3, 0.4) is 0 Å². The van der Waals surface area contributed by atoms with Crippen molar-refractivity contribution in [2.75, 3.05) is 6.61 Å². The number of amides is 1. The van der Waals surface area contributed by atoms with Gasteiger partial charge in [0.25, 0.3) is 5.91 Å². The van der Waals surface area contributed by atoms with E-state index in [2.05, 4.69) is 9.88 Å². The van der Waals surface area contributed by atoms with Crippen LogP contribution in [0.5, 0.6) is 0 Å². The third kappa shape index (κ3) is 2.79. The van der Waals surface area contributed by atoms with E-state index in [1.54, 1.807) is 0 Å². The average molecular weight is 298 g/mol. The Morgan fingerprint density at radius 1 is 1.32 bits per heavy atom. The molecule has 1 aliphatic rings. The lowest BCUT2D eigenvalue weighted by Gasteiger charge is -2.17. The van der Waals surface area contributed by atoms with E-state index in [0.29, 0.717) is 11.6 Å². The quantitative estimate of drug-likeness (QED) is 0.892. The molecular formula is C18H22N2O2. The number of benzene rings is 1. The predicted octanol–water partition coefficient (Wildman–Crippen LogP) is 2.90. The molecule has 1 aliphatic carbocycles. The summed E-state index contributed by atoms with van der Waals surface area (Å²) >= 11 is 0. The van der Waals surface area contributed by atoms with Crippen molar-refractivity contribution in [1.82, 2.24) is 9.88 Å². The van der Waals surface area contributed by atoms with Gasteiger partial charge >= 0.3 is 0 Å². The Bertz CT molecular complexity index is 672. The molecule has 0 radical (unpaired) electrons. The molecule has 1 aromatic heterocycles. The second-order valence-corrected chi connectivity index (χ2v) is 6.01. The fourth-order valence-corrected chi connectivity index (χ4v) is 3.06. The van der Waals surface area contributed by atoms with E-state index in [4.69, 9.17) is 0 Å². The molecule has 0 saturated heterocycles. The maximum atomic E-state index is 12.6. The number of carbonyl (C=O) groups is 1. The molecule has 116 valence electrons. The Morgan fingerprint density at radius 2 is 2.00 bits per heavy atom. The zero-order chi connectivity index (χ0) is 15.7. The Morgan fingerprint density at radius 3 is 2.59 bits per heavy atom. The summed E-state index contributed by atoms with van der Waals surface area (Å²) in [7, 11) is 0. The van der Waals surface area contributed by atoms with E-state index in [9.17, 15) is 9.90 Å². The van der Waals surface area contributed by atoms with Gasteiger partial charge in [-0.25, -0.2) is 0 Å². The van der Waals surface area contributed by atoms with Crippen molar-refractivity contribution in [1.29, 1.82) is 0 Å². The number of aromatic nitrogens is 1. The van der Waals surface area contributed by atoms with E-state index in [-0.39, 0.29) is 18.6 Å². The van der Waals surface area contributed by atoms with Crippen LogP contribution < -0.4 is 5.32 Å². The molecule has 1 saturated carbocycles. The van der Waals surface area contributed by atoms with Gasteiger partial charge in [0.15, 0.2) is 0 Å². The Labute approximate surface area is 130 Å². The standard InChI is InChI=1S/C18H22N2O2/c1-12-10-16(13(2)20(12)15-8-9-15)18(22)19-17(11-21)14-6-4-3-5-7-14/h3-7,10,15,17,21H,8-9,11H2,1-2H3,(H,19,22). The predicted molar refractivity (Wildman–Crippen MR) is 85.9 cm³/mol. The van der Waals surface area contributed by atoms with Gasteiger partial charge in [0.1, 0.15) is 0 Å². The summed E-state index contributed by atoms with van der Waals surface area (Å²) in [6, 6.07) is 11.7. The summed E-state index contributed by atoms with van der Waals surface area (Å²) in [5, 5.41) is 12.5. The number of carbonyl (C=O) groups excluding carboxylic acids is 1. The minimum absolute atomic E-state index is 0.114. The van der Waals surface area contributed by atoms with Gasteiger partial charge in [0.2, 0.25) is 0 Å². The number of hydrogen-bond donors (Lipinski definition) is 2. The summed E-state index contributed by atoms with van der Waals surface area (Å²) in [6.45, 7) is 3.93. The van der Waals surface area contributed by atoms with Crippen molar-refractivity contribution >= 4 is 5.91 Å². The third-order valence-corrected chi connectivity index (χ3v) is 4.33. The van der Waals surface area contributed by atoms with Crippen LogP contribution in [0, 0.1) is 13.8 Å². The SMILES string of the molecule is Cc1cc(C(=O)NC(CO)c2ccccc2)c(C)n1C1CC1. The number of nitrogens with one attached hydrogen (secondary N) is 1. The number of aryl methyl sites for hydroxylation is 1. The lowest BCUT2D eigenvalue weighted by molar-refractivity contribution is 0.0915. The zero-order valence-electron chi connectivity index (χ0n) is 13.0. The van der Waals surface area contributed by atoms with Gasteiger partial charge in [-0.05, 0) is 38.3 Å². The number of nitrogens with zero attached hydrogens (tertiary/aromatic N) is 1. The molecule has 2 aromatic rings. The first-order valence-corrected chi connectivity index (χ1v) is 7.77. The van der Waals surface area contributed by atoms with Gasteiger partial charge in [-0.15, -0.1) is 0 Å². The molecule has 4 heteroatoms. The summed E-state index contributed by atoms with van der Waals surface area (Å²) < 4.78 is 2.26. The van der Waals surface area contributed by atoms with Crippen LogP contribution in [0.15, 0.2) is 36.4 Å². The van der Waals surface area contributed by atoms with Crippen molar-refractivity contribution in [3.63, 3.8) is 0 Å². The average Bonchev–Trinajstić information content (AvgIpc) is 3.31. The topological polar surface area (TPSA) is 54.3 Å². The maximum absolute atomic E-state index is 12.6. The Kier molecular flexibility index (Phi) is 4.03. The molecule has 1 aromatic carbocycles. The molecule has 1 atom stereocenters. The van der Waals surface area contributed by atoms with Gasteiger partial charge < -0.3 is 15.0 Å². The zero-order valence-corrected chi connectivity index (χ0v) is 13.0. The van der Waals surface area contributed by atoms with E-state index in [1.165, 1.54) is 12.8 Å². The smallest absolute Gasteiger partial charge is 0.253 e. The van der Waals surface area contributed by atoms with Crippen LogP contribution >= 0.6 is 0 Å². The number of hydrogen-bond acceptors (Lipinski definition) is 2. The van der Waals surface area contributed by atoms with Gasteiger partial charge in [-0.3, -0.25) is 4.79 Å². The lowest BCUT2D eigenvalue weighted by atomic mass is 10.1. The highest BCUT2D eigenvalue weighted by Crippen LogP contribution is 2.38. The normalized spacial score (nSPS) is 15.6. The molecule has 0 aliphatic heterocycles. The molecule has 0 spiro atoms. The first-order chi connectivity index (χ1) is 10.6. The highest BCUT2D eigenvalue weighted by atomic mass is 16.3. The molecule has 0 bridgehead atoms. The van der Waals surface area contributed by atoms with Crippen LogP contribution in [0.2, 0.25) is 0 Å². The van der Waals surface area contributed by atoms with Crippen molar-refractivity contribution in [3.05, 3.63) is 58.9 Å². The molecule has 4 nitrogen and oxygen atoms in total. The van der Waals surface area contributed by atoms with Crippen LogP contribution in [0.1, 0.15) is 52.2 Å². The second kappa shape index (κ2) is 5.97. The fraction of sp³-hybridized carbons (Fsp3) is 0.389. The minimum atomic E-state index is -0.377. The van der Waals surface area contributed by atoms with Gasteiger partial charge in [0, 0.05) is 17.4 Å². The summed E-state index contributed by atoms with van der Waals surface area (Å²) in [4.78, 5) is 12.6. The molecule has 1 fully saturated rings. The minimum Gasteiger partial charge on any atom is -0.394 e. The highest BCUT2D eigenvalue weighted by molar-refractivity contribution is 5.96. The van der Waals surface area contributed by atoms with Crippen molar-refractivity contribution in [2.24, 2.45) is 0 Å². The van der Waals surface area contributed by atoms with Crippen molar-refractivity contribution in [3.8, 4) is 0 Å². The number of rotatable bonds is 5. The van der Waals surface area contributed by atoms with Crippen LogP contribution in [0.4, 0.5) is 0 Å². The fourth-order valence-electron chi connectivity index (χ4n) is 3.06. The molecule has 1 amide bonds. The molecule has 1 heterocycles. The van der Waals surface area contributed by atoms with Gasteiger partial charge in [-0.1, -0.05) is 30.3 Å². The van der Waals surface area contributed by atoms with E-state index >= 15 is 0 Å². The van der Waals surface area contributed by atoms with Gasteiger partial charge in [-0.2, -0.15) is 0 Å². The molecule has 1 unspecified atom stereocenters. The second-order valence-electron chi connectivity index (χ2n) is 6.01.